The van der Waals surface area contributed by atoms with Crippen LogP contribution in [0.2, 0.25) is 0 Å². The fourth-order valence-electron chi connectivity index (χ4n) is 3.60. The largest absolute Gasteiger partial charge is 0.503 e. The third-order valence-electron chi connectivity index (χ3n) is 5.32. The van der Waals surface area contributed by atoms with Crippen LogP contribution in [-0.2, 0) is 9.59 Å². The summed E-state index contributed by atoms with van der Waals surface area (Å²) in [6.07, 6.45) is 4.71. The Morgan fingerprint density at radius 1 is 1.13 bits per heavy atom. The number of aromatic nitrogens is 1. The monoisotopic (exact) mass is 405 g/mol. The van der Waals surface area contributed by atoms with E-state index < -0.39 is 23.5 Å². The highest BCUT2D eigenvalue weighted by atomic mass is 16.3. The normalized spacial score (nSPS) is 16.8. The number of nitrogens with zero attached hydrogens (tertiary/aromatic N) is 3. The molecule has 0 bridgehead atoms. The first kappa shape index (κ1) is 21.5. The van der Waals surface area contributed by atoms with Crippen molar-refractivity contribution in [3.63, 3.8) is 0 Å². The van der Waals surface area contributed by atoms with Gasteiger partial charge in [0.2, 0.25) is 0 Å². The summed E-state index contributed by atoms with van der Waals surface area (Å²) < 4.78 is 0. The number of carbonyl (C=O) groups excluding carboxylic acids is 2. The highest BCUT2D eigenvalue weighted by molar-refractivity contribution is 6.14. The van der Waals surface area contributed by atoms with Crippen LogP contribution in [-0.4, -0.2) is 57.8 Å². The standard InChI is InChI=1S/C24H27N3O3/c1-3-26(4-2)16-17-27-22(19-12-8-9-15-25-19)21(23(29)24(27)30)20(28)14-13-18-10-6-5-7-11-18/h5-15,22,29H,3-4,16-17H2,1-2H3/b14-13+. The van der Waals surface area contributed by atoms with Gasteiger partial charge in [-0.2, -0.15) is 0 Å². The zero-order valence-corrected chi connectivity index (χ0v) is 17.4. The van der Waals surface area contributed by atoms with Gasteiger partial charge in [0.05, 0.1) is 11.3 Å². The molecule has 0 aliphatic carbocycles. The van der Waals surface area contributed by atoms with Crippen LogP contribution in [0.15, 0.2) is 72.1 Å². The maximum absolute atomic E-state index is 13.0. The average molecular weight is 405 g/mol. The molecule has 0 radical (unpaired) electrons. The molecular formula is C24H27N3O3. The van der Waals surface area contributed by atoms with E-state index in [1.54, 1.807) is 29.3 Å². The minimum atomic E-state index is -0.706. The lowest BCUT2D eigenvalue weighted by Crippen LogP contribution is -2.38. The second-order valence-corrected chi connectivity index (χ2v) is 7.05. The number of amides is 1. The Labute approximate surface area is 177 Å². The number of carbonyl (C=O) groups is 2. The number of benzene rings is 1. The molecule has 1 N–H and O–H groups in total. The first-order chi connectivity index (χ1) is 14.6. The van der Waals surface area contributed by atoms with Gasteiger partial charge in [-0.05, 0) is 36.9 Å². The maximum atomic E-state index is 13.0. The van der Waals surface area contributed by atoms with Gasteiger partial charge in [0.1, 0.15) is 6.04 Å². The summed E-state index contributed by atoms with van der Waals surface area (Å²) in [5.74, 6) is -1.42. The SMILES string of the molecule is CCN(CC)CCN1C(=O)C(O)=C(C(=O)/C=C/c2ccccc2)C1c1ccccn1. The minimum Gasteiger partial charge on any atom is -0.503 e. The first-order valence-electron chi connectivity index (χ1n) is 10.2. The Kier molecular flexibility index (Phi) is 7.14. The van der Waals surface area contributed by atoms with E-state index in [0.717, 1.165) is 18.7 Å². The fourth-order valence-corrected chi connectivity index (χ4v) is 3.60. The van der Waals surface area contributed by atoms with E-state index in [1.807, 2.05) is 36.4 Å². The fraction of sp³-hybridized carbons (Fsp3) is 0.292. The van der Waals surface area contributed by atoms with Crippen molar-refractivity contribution >= 4 is 17.8 Å². The van der Waals surface area contributed by atoms with Crippen molar-refractivity contribution in [1.29, 1.82) is 0 Å². The molecule has 1 atom stereocenters. The summed E-state index contributed by atoms with van der Waals surface area (Å²) >= 11 is 0. The summed E-state index contributed by atoms with van der Waals surface area (Å²) in [4.78, 5) is 34.0. The van der Waals surface area contributed by atoms with Gasteiger partial charge in [-0.3, -0.25) is 14.6 Å². The van der Waals surface area contributed by atoms with E-state index in [9.17, 15) is 14.7 Å². The number of allylic oxidation sites excluding steroid dienone is 1. The Hall–Kier alpha value is -3.25. The van der Waals surface area contributed by atoms with Gasteiger partial charge in [0.25, 0.3) is 5.91 Å². The number of ketones is 1. The number of aliphatic hydroxyl groups is 1. The molecule has 30 heavy (non-hydrogen) atoms. The molecule has 1 unspecified atom stereocenters. The van der Waals surface area contributed by atoms with Gasteiger partial charge in [-0.1, -0.05) is 56.3 Å². The van der Waals surface area contributed by atoms with Gasteiger partial charge in [-0.15, -0.1) is 0 Å². The maximum Gasteiger partial charge on any atom is 0.290 e. The lowest BCUT2D eigenvalue weighted by Gasteiger charge is -2.28. The van der Waals surface area contributed by atoms with Crippen LogP contribution < -0.4 is 0 Å². The van der Waals surface area contributed by atoms with E-state index in [4.69, 9.17) is 0 Å². The van der Waals surface area contributed by atoms with Gasteiger partial charge in [-0.25, -0.2) is 0 Å². The summed E-state index contributed by atoms with van der Waals surface area (Å²) in [5, 5.41) is 10.6. The van der Waals surface area contributed by atoms with Crippen LogP contribution in [0.25, 0.3) is 6.08 Å². The number of hydrogen-bond donors (Lipinski definition) is 1. The summed E-state index contributed by atoms with van der Waals surface area (Å²) in [5.41, 5.74) is 1.50. The Morgan fingerprint density at radius 2 is 1.83 bits per heavy atom. The summed E-state index contributed by atoms with van der Waals surface area (Å²) in [6, 6.07) is 14.1. The number of hydrogen-bond acceptors (Lipinski definition) is 5. The molecule has 3 rings (SSSR count). The number of rotatable bonds is 9. The topological polar surface area (TPSA) is 73.7 Å². The molecule has 2 heterocycles. The zero-order chi connectivity index (χ0) is 21.5. The van der Waals surface area contributed by atoms with E-state index in [0.29, 0.717) is 18.8 Å². The quantitative estimate of drug-likeness (QED) is 0.648. The van der Waals surface area contributed by atoms with Gasteiger partial charge >= 0.3 is 0 Å². The molecule has 1 aromatic heterocycles. The van der Waals surface area contributed by atoms with Crippen molar-refractivity contribution in [3.05, 3.63) is 83.4 Å². The van der Waals surface area contributed by atoms with E-state index in [-0.39, 0.29) is 5.57 Å². The summed E-state index contributed by atoms with van der Waals surface area (Å²) in [6.45, 7) is 6.88. The molecule has 0 fully saturated rings. The molecule has 0 saturated heterocycles. The van der Waals surface area contributed by atoms with Crippen molar-refractivity contribution < 1.29 is 14.7 Å². The Morgan fingerprint density at radius 3 is 2.47 bits per heavy atom. The van der Waals surface area contributed by atoms with Crippen LogP contribution in [0.5, 0.6) is 0 Å². The van der Waals surface area contributed by atoms with Gasteiger partial charge in [0, 0.05) is 19.3 Å². The van der Waals surface area contributed by atoms with E-state index in [1.165, 1.54) is 6.08 Å². The molecule has 6 nitrogen and oxygen atoms in total. The molecule has 1 aromatic carbocycles. The predicted molar refractivity (Wildman–Crippen MR) is 117 cm³/mol. The predicted octanol–water partition coefficient (Wildman–Crippen LogP) is 3.40. The Balaban J connectivity index is 1.92. The van der Waals surface area contributed by atoms with E-state index >= 15 is 0 Å². The highest BCUT2D eigenvalue weighted by Gasteiger charge is 2.43. The second kappa shape index (κ2) is 9.98. The molecule has 1 amide bonds. The van der Waals surface area contributed by atoms with E-state index in [2.05, 4.69) is 23.7 Å². The minimum absolute atomic E-state index is 0.0745. The van der Waals surface area contributed by atoms with Crippen molar-refractivity contribution in [2.24, 2.45) is 0 Å². The molecule has 1 aliphatic rings. The molecule has 2 aromatic rings. The lowest BCUT2D eigenvalue weighted by molar-refractivity contribution is -0.129. The molecule has 0 saturated carbocycles. The Bertz CT molecular complexity index is 935. The lowest BCUT2D eigenvalue weighted by atomic mass is 9.99. The summed E-state index contributed by atoms with van der Waals surface area (Å²) in [7, 11) is 0. The number of aliphatic hydroxyl groups excluding tert-OH is 1. The van der Waals surface area contributed by atoms with Crippen LogP contribution in [0.3, 0.4) is 0 Å². The van der Waals surface area contributed by atoms with Crippen molar-refractivity contribution in [1.82, 2.24) is 14.8 Å². The first-order valence-corrected chi connectivity index (χ1v) is 10.2. The van der Waals surface area contributed by atoms with Crippen LogP contribution in [0, 0.1) is 0 Å². The third kappa shape index (κ3) is 4.66. The van der Waals surface area contributed by atoms with Crippen molar-refractivity contribution in [3.8, 4) is 0 Å². The average Bonchev–Trinajstić information content (AvgIpc) is 3.04. The highest BCUT2D eigenvalue weighted by Crippen LogP contribution is 2.36. The second-order valence-electron chi connectivity index (χ2n) is 7.05. The molecule has 0 spiro atoms. The molecule has 156 valence electrons. The zero-order valence-electron chi connectivity index (χ0n) is 17.4. The smallest absolute Gasteiger partial charge is 0.290 e. The number of pyridine rings is 1. The molecule has 6 heteroatoms. The van der Waals surface area contributed by atoms with Crippen molar-refractivity contribution in [2.75, 3.05) is 26.2 Å². The van der Waals surface area contributed by atoms with Gasteiger partial charge < -0.3 is 14.9 Å². The molecule has 1 aliphatic heterocycles. The number of likely N-dealkylation sites (N-methyl/N-ethyl adjacent to an activating group) is 1. The van der Waals surface area contributed by atoms with Crippen molar-refractivity contribution in [2.45, 2.75) is 19.9 Å². The molecular weight excluding hydrogens is 378 g/mol. The third-order valence-corrected chi connectivity index (χ3v) is 5.32. The van der Waals surface area contributed by atoms with Crippen LogP contribution in [0.1, 0.15) is 31.1 Å². The van der Waals surface area contributed by atoms with Gasteiger partial charge in [0.15, 0.2) is 11.5 Å². The van der Waals surface area contributed by atoms with Crippen LogP contribution in [0.4, 0.5) is 0 Å². The van der Waals surface area contributed by atoms with Crippen LogP contribution >= 0.6 is 0 Å².